The lowest BCUT2D eigenvalue weighted by Crippen LogP contribution is -2.01. The fourth-order valence-electron chi connectivity index (χ4n) is 2.81. The van der Waals surface area contributed by atoms with Gasteiger partial charge < -0.3 is 15.0 Å². The molecule has 5 nitrogen and oxygen atoms in total. The first-order valence-electron chi connectivity index (χ1n) is 8.99. The van der Waals surface area contributed by atoms with Gasteiger partial charge in [0, 0.05) is 24.8 Å². The second kappa shape index (κ2) is 6.50. The molecule has 0 saturated carbocycles. The predicted molar refractivity (Wildman–Crippen MR) is 102 cm³/mol. The van der Waals surface area contributed by atoms with E-state index in [0.29, 0.717) is 0 Å². The Hall–Kier alpha value is -2.21. The largest absolute Gasteiger partial charge is 0.508 e. The van der Waals surface area contributed by atoms with Gasteiger partial charge in [-0.05, 0) is 44.0 Å². The number of nitrogens with zero attached hydrogens (tertiary/aromatic N) is 3. The third-order valence-corrected chi connectivity index (χ3v) is 3.78. The third kappa shape index (κ3) is 2.99. The summed E-state index contributed by atoms with van der Waals surface area (Å²) in [6.45, 7) is 6.22. The number of fused-ring (bicyclic) bond motifs is 1. The minimum absolute atomic E-state index is 0.267. The lowest BCUT2D eigenvalue weighted by Gasteiger charge is -2.08. The second-order valence-corrected chi connectivity index (χ2v) is 5.77. The molecule has 6 heteroatoms. The van der Waals surface area contributed by atoms with Crippen molar-refractivity contribution in [1.29, 1.82) is 4.50 Å². The van der Waals surface area contributed by atoms with Gasteiger partial charge in [0.15, 0.2) is 0 Å². The monoisotopic (exact) mass is 336 g/mol. The Bertz CT molecular complexity index is 914. The van der Waals surface area contributed by atoms with Gasteiger partial charge in [0.2, 0.25) is 0 Å². The highest BCUT2D eigenvalue weighted by Crippen LogP contribution is 2.36. The van der Waals surface area contributed by atoms with Crippen LogP contribution in [-0.4, -0.2) is 31.2 Å². The fourth-order valence-corrected chi connectivity index (χ4v) is 2.81. The van der Waals surface area contributed by atoms with Crippen LogP contribution in [0.1, 0.15) is 25.5 Å². The summed E-state index contributed by atoms with van der Waals surface area (Å²) in [4.78, 5) is 8.78. The number of nitrogens with one attached hydrogen (secondary N) is 1. The van der Waals surface area contributed by atoms with Crippen molar-refractivity contribution in [3.05, 3.63) is 36.3 Å². The summed E-state index contributed by atoms with van der Waals surface area (Å²) in [5, 5.41) is 14.0. The minimum atomic E-state index is -3.17. The van der Waals surface area contributed by atoms with Gasteiger partial charge in [-0.1, -0.05) is 6.07 Å². The Morgan fingerprint density at radius 3 is 2.65 bits per heavy atom. The van der Waals surface area contributed by atoms with Crippen molar-refractivity contribution in [3.8, 4) is 16.9 Å². The van der Waals surface area contributed by atoms with E-state index in [1.165, 1.54) is 0 Å². The van der Waals surface area contributed by atoms with Crippen molar-refractivity contribution in [2.45, 2.75) is 26.8 Å². The summed E-state index contributed by atoms with van der Waals surface area (Å²) < 4.78 is 26.2. The zero-order valence-corrected chi connectivity index (χ0v) is 14.5. The Balaban J connectivity index is 0.000000465. The maximum atomic E-state index is 9.92. The highest BCUT2D eigenvalue weighted by Gasteiger charge is 2.17. The predicted octanol–water partition coefficient (Wildman–Crippen LogP) is 3.31. The summed E-state index contributed by atoms with van der Waals surface area (Å²) in [5.74, 6) is 1.06. The van der Waals surface area contributed by atoms with Crippen molar-refractivity contribution in [2.24, 2.45) is 0 Å². The summed E-state index contributed by atoms with van der Waals surface area (Å²) in [7, 11) is 1.85. The second-order valence-electron chi connectivity index (χ2n) is 5.77. The number of aryl methyl sites for hydroxylation is 1. The molecule has 0 atom stereocenters. The molecule has 2 N–H and O–H groups in total. The first-order valence-corrected chi connectivity index (χ1v) is 7.35. The third-order valence-electron chi connectivity index (χ3n) is 3.78. The molecule has 1 aromatic carbocycles. The van der Waals surface area contributed by atoms with E-state index in [1.807, 2.05) is 14.0 Å². The maximum absolute atomic E-state index is 9.92. The van der Waals surface area contributed by atoms with Gasteiger partial charge in [-0.2, -0.15) is 0 Å². The molecule has 0 fully saturated rings. The number of hydrogen-bond donors (Lipinski definition) is 2. The van der Waals surface area contributed by atoms with Crippen LogP contribution in [0.25, 0.3) is 22.2 Å². The van der Waals surface area contributed by atoms with E-state index in [0.717, 1.165) is 33.5 Å². The lowest BCUT2D eigenvalue weighted by atomic mass is 10.0. The van der Waals surface area contributed by atoms with Gasteiger partial charge in [0.1, 0.15) is 23.5 Å². The molecule has 0 radical (unpaired) electrons. The van der Waals surface area contributed by atoms with Crippen LogP contribution in [0, 0.1) is 6.92 Å². The summed E-state index contributed by atoms with van der Waals surface area (Å²) in [5.41, 5.74) is 3.90. The molecule has 0 aliphatic heterocycles. The van der Waals surface area contributed by atoms with Crippen molar-refractivity contribution in [1.82, 2.24) is 14.5 Å². The zero-order chi connectivity index (χ0) is 20.4. The average molecular weight is 336 g/mol. The van der Waals surface area contributed by atoms with E-state index in [2.05, 4.69) is 46.0 Å². The Morgan fingerprint density at radius 2 is 2.04 bits per heavy atom. The number of aromatic hydroxyl groups is 1. The zero-order valence-electron chi connectivity index (χ0n) is 17.7. The van der Waals surface area contributed by atoms with E-state index < -0.39 is 13.1 Å². The Kier molecular flexibility index (Phi) is 3.46. The molecule has 2 heterocycles. The summed E-state index contributed by atoms with van der Waals surface area (Å²) in [6, 6.07) is 5.87. The molecule has 3 aromatic rings. The van der Waals surface area contributed by atoms with Crippen LogP contribution in [0.4, 0.5) is 5.82 Å². The van der Waals surface area contributed by atoms with Gasteiger partial charge in [-0.15, -0.1) is 0 Å². The molecule has 0 aliphatic rings. The average Bonchev–Trinajstić information content (AvgIpc) is 2.92. The first-order chi connectivity index (χ1) is 12.5. The Labute approximate surface area is 147 Å². The van der Waals surface area contributed by atoms with Crippen LogP contribution in [0.15, 0.2) is 30.7 Å². The van der Waals surface area contributed by atoms with Crippen LogP contribution in [0.5, 0.6) is 5.75 Å². The van der Waals surface area contributed by atoms with Crippen LogP contribution < -0.4 is 5.32 Å². The molecule has 2 aromatic heterocycles. The fraction of sp³-hybridized carbons (Fsp3) is 0.294. The molecule has 3 rings (SSSR count). The normalized spacial score (nSPS) is 14.3. The SMILES string of the molecule is CNc1ncnc2c1c(-c1cc(C)cc(O)c1)cn2C(C)C.[2H]S([2H])([2H])[2H]. The topological polar surface area (TPSA) is 63.0 Å². The number of hydrogen-bond acceptors (Lipinski definition) is 4. The summed E-state index contributed by atoms with van der Waals surface area (Å²) in [6.07, 6.45) is 3.66. The number of anilines is 1. The van der Waals surface area contributed by atoms with Crippen LogP contribution in [0.3, 0.4) is 0 Å². The molecule has 0 amide bonds. The van der Waals surface area contributed by atoms with Crippen LogP contribution in [0.2, 0.25) is 0 Å². The Morgan fingerprint density at radius 1 is 1.30 bits per heavy atom. The number of phenolic OH excluding ortho intramolecular Hbond substituents is 1. The first kappa shape index (κ1) is 12.2. The smallest absolute Gasteiger partial charge is 0.146 e. The van der Waals surface area contributed by atoms with E-state index in [9.17, 15) is 5.11 Å². The molecular weight excluding hydrogens is 308 g/mol. The molecular formula is C17H24N4OS. The van der Waals surface area contributed by atoms with Crippen molar-refractivity contribution in [2.75, 3.05) is 12.4 Å². The van der Waals surface area contributed by atoms with Crippen molar-refractivity contribution >= 4 is 30.0 Å². The summed E-state index contributed by atoms with van der Waals surface area (Å²) >= 11 is -3.17. The minimum Gasteiger partial charge on any atom is -0.508 e. The number of aromatic nitrogens is 3. The van der Waals surface area contributed by atoms with Gasteiger partial charge in [-0.3, -0.25) is 13.1 Å². The molecule has 0 unspecified atom stereocenters. The molecule has 124 valence electrons. The van der Waals surface area contributed by atoms with Gasteiger partial charge in [-0.25, -0.2) is 9.97 Å². The molecule has 0 saturated heterocycles. The van der Waals surface area contributed by atoms with Gasteiger partial charge >= 0.3 is 0 Å². The van der Waals surface area contributed by atoms with Crippen LogP contribution >= 0.6 is 13.1 Å². The van der Waals surface area contributed by atoms with Gasteiger partial charge in [0.25, 0.3) is 0 Å². The van der Waals surface area contributed by atoms with E-state index in [4.69, 9.17) is 4.50 Å². The van der Waals surface area contributed by atoms with Gasteiger partial charge in [0.05, 0.1) is 9.88 Å². The number of phenols is 1. The quantitative estimate of drug-likeness (QED) is 0.770. The lowest BCUT2D eigenvalue weighted by molar-refractivity contribution is 0.475. The van der Waals surface area contributed by atoms with Crippen LogP contribution in [-0.2, 0) is 0 Å². The molecule has 0 bridgehead atoms. The van der Waals surface area contributed by atoms with Crippen molar-refractivity contribution in [3.63, 3.8) is 0 Å². The number of benzene rings is 1. The molecule has 23 heavy (non-hydrogen) atoms. The van der Waals surface area contributed by atoms with E-state index in [-0.39, 0.29) is 11.8 Å². The molecule has 0 spiro atoms. The highest BCUT2D eigenvalue weighted by molar-refractivity contribution is 7.59. The maximum Gasteiger partial charge on any atom is 0.146 e. The van der Waals surface area contributed by atoms with E-state index in [1.54, 1.807) is 18.5 Å². The number of rotatable bonds is 3. The van der Waals surface area contributed by atoms with Crippen molar-refractivity contribution < 1.29 is 5.11 Å². The highest BCUT2D eigenvalue weighted by atomic mass is 32.1. The van der Waals surface area contributed by atoms with E-state index >= 15 is 0 Å². The standard InChI is InChI=1S/C17H20N4O.H4S/c1-10(2)21-8-14(12-5-11(3)6-13(22)7-12)15-16(18-4)19-9-20-17(15)21;/h5-10,22H,1-4H3,(H,18,19,20);1H4/i;1D4. The molecule has 0 aliphatic carbocycles.